The van der Waals surface area contributed by atoms with E-state index >= 15 is 0 Å². The van der Waals surface area contributed by atoms with Gasteiger partial charge in [-0.05, 0) is 30.5 Å². The fraction of sp³-hybridized carbons (Fsp3) is 0.471. The molecule has 1 amide bonds. The number of benzene rings is 1. The van der Waals surface area contributed by atoms with E-state index in [9.17, 15) is 4.79 Å². The van der Waals surface area contributed by atoms with Gasteiger partial charge in [-0.15, -0.1) is 0 Å². The topological polar surface area (TPSA) is 49.3 Å². The first-order valence-corrected chi connectivity index (χ1v) is 7.43. The lowest BCUT2D eigenvalue weighted by Crippen LogP contribution is -2.23. The highest BCUT2D eigenvalue weighted by molar-refractivity contribution is 5.94. The molecule has 0 bridgehead atoms. The second-order valence-corrected chi connectivity index (χ2v) is 4.89. The first-order valence-electron chi connectivity index (χ1n) is 7.43. The lowest BCUT2D eigenvalue weighted by molar-refractivity contribution is 0.0910. The molecule has 110 valence electrons. The molecule has 2 N–H and O–H groups in total. The van der Waals surface area contributed by atoms with E-state index in [0.717, 1.165) is 12.0 Å². The van der Waals surface area contributed by atoms with E-state index in [0.29, 0.717) is 5.56 Å². The molecule has 0 unspecified atom stereocenters. The third-order valence-corrected chi connectivity index (χ3v) is 3.17. The molecule has 1 rings (SSSR count). The van der Waals surface area contributed by atoms with Gasteiger partial charge in [0.2, 0.25) is 0 Å². The molecular weight excluding hydrogens is 250 g/mol. The number of amides is 1. The summed E-state index contributed by atoms with van der Waals surface area (Å²) >= 11 is 0. The number of allylic oxidation sites excluding steroid dienone is 1. The van der Waals surface area contributed by atoms with Crippen LogP contribution in [0.5, 0.6) is 0 Å². The Balaban J connectivity index is 2.39. The molecule has 0 aliphatic carbocycles. The fourth-order valence-electron chi connectivity index (χ4n) is 2.04. The molecule has 3 nitrogen and oxygen atoms in total. The van der Waals surface area contributed by atoms with Crippen LogP contribution in [-0.2, 0) is 0 Å². The van der Waals surface area contributed by atoms with Crippen molar-refractivity contribution in [1.29, 1.82) is 0 Å². The summed E-state index contributed by atoms with van der Waals surface area (Å²) in [6, 6.07) is 7.40. The van der Waals surface area contributed by atoms with E-state index in [1.165, 1.54) is 32.1 Å². The van der Waals surface area contributed by atoms with Crippen molar-refractivity contribution in [2.45, 2.75) is 45.4 Å². The van der Waals surface area contributed by atoms with Crippen molar-refractivity contribution < 1.29 is 9.90 Å². The average Bonchev–Trinajstić information content (AvgIpc) is 2.47. The van der Waals surface area contributed by atoms with Gasteiger partial charge in [0.1, 0.15) is 6.73 Å². The molecule has 3 heteroatoms. The molecule has 0 radical (unpaired) electrons. The first-order chi connectivity index (χ1) is 9.77. The van der Waals surface area contributed by atoms with Crippen LogP contribution in [-0.4, -0.2) is 17.7 Å². The SMILES string of the molecule is CCCCCCCC=Cc1cccc(C(=O)NCO)c1. The van der Waals surface area contributed by atoms with E-state index in [1.807, 2.05) is 18.2 Å². The maximum absolute atomic E-state index is 11.6. The summed E-state index contributed by atoms with van der Waals surface area (Å²) in [5.74, 6) is -0.248. The Labute approximate surface area is 121 Å². The standard InChI is InChI=1S/C17H25NO2/c1-2-3-4-5-6-7-8-10-15-11-9-12-16(13-15)17(20)18-14-19/h8-13,19H,2-7,14H2,1H3,(H,18,20). The van der Waals surface area contributed by atoms with Gasteiger partial charge in [-0.2, -0.15) is 0 Å². The number of hydrogen-bond donors (Lipinski definition) is 2. The fourth-order valence-corrected chi connectivity index (χ4v) is 2.04. The Morgan fingerprint density at radius 2 is 2.05 bits per heavy atom. The van der Waals surface area contributed by atoms with E-state index < -0.39 is 0 Å². The zero-order chi connectivity index (χ0) is 14.6. The lowest BCUT2D eigenvalue weighted by atomic mass is 10.1. The number of unbranched alkanes of at least 4 members (excludes halogenated alkanes) is 5. The van der Waals surface area contributed by atoms with Crippen LogP contribution < -0.4 is 5.32 Å². The second-order valence-electron chi connectivity index (χ2n) is 4.89. The number of nitrogens with one attached hydrogen (secondary N) is 1. The van der Waals surface area contributed by atoms with Crippen LogP contribution in [0.25, 0.3) is 6.08 Å². The van der Waals surface area contributed by atoms with E-state index in [2.05, 4.69) is 24.4 Å². The van der Waals surface area contributed by atoms with Crippen molar-refractivity contribution in [2.75, 3.05) is 6.73 Å². The summed E-state index contributed by atoms with van der Waals surface area (Å²) in [4.78, 5) is 11.6. The van der Waals surface area contributed by atoms with Gasteiger partial charge in [0.15, 0.2) is 0 Å². The van der Waals surface area contributed by atoms with E-state index in [-0.39, 0.29) is 12.6 Å². The highest BCUT2D eigenvalue weighted by atomic mass is 16.3. The van der Waals surface area contributed by atoms with Crippen LogP contribution in [0.4, 0.5) is 0 Å². The zero-order valence-electron chi connectivity index (χ0n) is 12.3. The zero-order valence-corrected chi connectivity index (χ0v) is 12.3. The van der Waals surface area contributed by atoms with Gasteiger partial charge in [0, 0.05) is 5.56 Å². The molecule has 1 aromatic carbocycles. The summed E-state index contributed by atoms with van der Waals surface area (Å²) in [6.07, 6.45) is 11.7. The summed E-state index contributed by atoms with van der Waals surface area (Å²) in [5, 5.41) is 11.1. The van der Waals surface area contributed by atoms with E-state index in [1.54, 1.807) is 6.07 Å². The number of carbonyl (C=O) groups excluding carboxylic acids is 1. The number of hydrogen-bond acceptors (Lipinski definition) is 2. The smallest absolute Gasteiger partial charge is 0.253 e. The Morgan fingerprint density at radius 3 is 2.80 bits per heavy atom. The van der Waals surface area contributed by atoms with Crippen molar-refractivity contribution in [1.82, 2.24) is 5.32 Å². The van der Waals surface area contributed by atoms with Crippen molar-refractivity contribution in [3.8, 4) is 0 Å². The maximum atomic E-state index is 11.6. The number of aliphatic hydroxyl groups is 1. The maximum Gasteiger partial charge on any atom is 0.253 e. The van der Waals surface area contributed by atoms with E-state index in [4.69, 9.17) is 5.11 Å². The summed E-state index contributed by atoms with van der Waals surface area (Å²) in [5.41, 5.74) is 1.59. The van der Waals surface area contributed by atoms with Crippen LogP contribution in [0, 0.1) is 0 Å². The highest BCUT2D eigenvalue weighted by Crippen LogP contribution is 2.10. The van der Waals surface area contributed by atoms with Crippen molar-refractivity contribution >= 4 is 12.0 Å². The molecule has 1 aromatic rings. The van der Waals surface area contributed by atoms with Gasteiger partial charge >= 0.3 is 0 Å². The van der Waals surface area contributed by atoms with Gasteiger partial charge in [-0.25, -0.2) is 0 Å². The molecule has 0 aliphatic rings. The molecule has 0 saturated heterocycles. The largest absolute Gasteiger partial charge is 0.376 e. The van der Waals surface area contributed by atoms with Crippen LogP contribution >= 0.6 is 0 Å². The number of carbonyl (C=O) groups is 1. The van der Waals surface area contributed by atoms with Crippen molar-refractivity contribution in [2.24, 2.45) is 0 Å². The highest BCUT2D eigenvalue weighted by Gasteiger charge is 2.03. The first kappa shape index (κ1) is 16.4. The second kappa shape index (κ2) is 10.2. The summed E-state index contributed by atoms with van der Waals surface area (Å²) in [6.45, 7) is 1.89. The predicted octanol–water partition coefficient (Wildman–Crippen LogP) is 3.74. The summed E-state index contributed by atoms with van der Waals surface area (Å²) in [7, 11) is 0. The molecule has 0 spiro atoms. The van der Waals surface area contributed by atoms with Crippen LogP contribution in [0.3, 0.4) is 0 Å². The molecule has 20 heavy (non-hydrogen) atoms. The Kier molecular flexibility index (Phi) is 8.40. The lowest BCUT2D eigenvalue weighted by Gasteiger charge is -2.02. The Hall–Kier alpha value is -1.61. The van der Waals surface area contributed by atoms with Gasteiger partial charge in [-0.3, -0.25) is 4.79 Å². The Morgan fingerprint density at radius 1 is 1.25 bits per heavy atom. The van der Waals surface area contributed by atoms with Crippen molar-refractivity contribution in [3.05, 3.63) is 41.5 Å². The molecular formula is C17H25NO2. The minimum absolute atomic E-state index is 0.248. The normalized spacial score (nSPS) is 10.9. The van der Waals surface area contributed by atoms with Crippen molar-refractivity contribution in [3.63, 3.8) is 0 Å². The number of rotatable bonds is 9. The van der Waals surface area contributed by atoms with Crippen LogP contribution in [0.1, 0.15) is 61.4 Å². The third kappa shape index (κ3) is 6.53. The van der Waals surface area contributed by atoms with Gasteiger partial charge in [0.05, 0.1) is 0 Å². The van der Waals surface area contributed by atoms with Gasteiger partial charge in [-0.1, -0.05) is 56.9 Å². The molecule has 0 aliphatic heterocycles. The average molecular weight is 275 g/mol. The van der Waals surface area contributed by atoms with Gasteiger partial charge < -0.3 is 10.4 Å². The van der Waals surface area contributed by atoms with Gasteiger partial charge in [0.25, 0.3) is 5.91 Å². The van der Waals surface area contributed by atoms with Crippen LogP contribution in [0.15, 0.2) is 30.3 Å². The van der Waals surface area contributed by atoms with Crippen LogP contribution in [0.2, 0.25) is 0 Å². The molecule has 0 aromatic heterocycles. The molecule has 0 fully saturated rings. The Bertz CT molecular complexity index is 427. The predicted molar refractivity (Wildman–Crippen MR) is 83.4 cm³/mol. The molecule has 0 saturated carbocycles. The quantitative estimate of drug-likeness (QED) is 0.533. The minimum Gasteiger partial charge on any atom is -0.376 e. The monoisotopic (exact) mass is 275 g/mol. The number of aliphatic hydroxyl groups excluding tert-OH is 1. The molecule has 0 atom stereocenters. The third-order valence-electron chi connectivity index (χ3n) is 3.17. The molecule has 0 heterocycles. The minimum atomic E-state index is -0.337. The summed E-state index contributed by atoms with van der Waals surface area (Å²) < 4.78 is 0.